The molecular weight excluding hydrogens is 384 g/mol. The summed E-state index contributed by atoms with van der Waals surface area (Å²) in [6.45, 7) is 5.30. The number of aromatic nitrogens is 3. The molecule has 7 heteroatoms. The number of anilines is 1. The first-order valence-electron chi connectivity index (χ1n) is 9.50. The summed E-state index contributed by atoms with van der Waals surface area (Å²) in [6, 6.07) is 11.9. The van der Waals surface area contributed by atoms with E-state index in [0.717, 1.165) is 46.2 Å². The second kappa shape index (κ2) is 7.33. The van der Waals surface area contributed by atoms with Gasteiger partial charge >= 0.3 is 0 Å². The van der Waals surface area contributed by atoms with Crippen LogP contribution < -0.4 is 14.8 Å². The highest BCUT2D eigenvalue weighted by Gasteiger charge is 2.16. The van der Waals surface area contributed by atoms with Crippen LogP contribution in [0.1, 0.15) is 16.0 Å². The second-order valence-corrected chi connectivity index (χ2v) is 8.14. The van der Waals surface area contributed by atoms with E-state index in [1.54, 1.807) is 17.5 Å². The highest BCUT2D eigenvalue weighted by Crippen LogP contribution is 2.35. The molecule has 1 aromatic carbocycles. The molecule has 0 bridgehead atoms. The quantitative estimate of drug-likeness (QED) is 0.517. The van der Waals surface area contributed by atoms with E-state index in [0.29, 0.717) is 12.6 Å². The molecule has 0 fully saturated rings. The van der Waals surface area contributed by atoms with Gasteiger partial charge in [0.05, 0.1) is 5.39 Å². The average molecular weight is 404 g/mol. The lowest BCUT2D eigenvalue weighted by Gasteiger charge is -2.10. The van der Waals surface area contributed by atoms with Gasteiger partial charge < -0.3 is 14.8 Å². The fourth-order valence-corrected chi connectivity index (χ4v) is 4.44. The highest BCUT2D eigenvalue weighted by atomic mass is 32.1. The van der Waals surface area contributed by atoms with Gasteiger partial charge in [0.1, 0.15) is 16.3 Å². The minimum Gasteiger partial charge on any atom is -0.454 e. The van der Waals surface area contributed by atoms with Gasteiger partial charge in [-0.15, -0.1) is 11.3 Å². The Labute approximate surface area is 172 Å². The maximum atomic E-state index is 5.48. The molecule has 0 aliphatic carbocycles. The van der Waals surface area contributed by atoms with Crippen LogP contribution in [0.4, 0.5) is 5.82 Å². The third-order valence-corrected chi connectivity index (χ3v) is 6.17. The molecule has 1 N–H and O–H groups in total. The largest absolute Gasteiger partial charge is 0.454 e. The lowest BCUT2D eigenvalue weighted by atomic mass is 10.1. The lowest BCUT2D eigenvalue weighted by molar-refractivity contribution is 0.174. The summed E-state index contributed by atoms with van der Waals surface area (Å²) in [7, 11) is 0. The summed E-state index contributed by atoms with van der Waals surface area (Å²) >= 11 is 1.70. The molecule has 146 valence electrons. The van der Waals surface area contributed by atoms with E-state index in [1.165, 1.54) is 16.0 Å². The van der Waals surface area contributed by atoms with Crippen molar-refractivity contribution in [1.29, 1.82) is 0 Å². The zero-order valence-electron chi connectivity index (χ0n) is 16.2. The minimum atomic E-state index is 0.295. The van der Waals surface area contributed by atoms with Gasteiger partial charge in [0.25, 0.3) is 0 Å². The minimum absolute atomic E-state index is 0.295. The predicted octanol–water partition coefficient (Wildman–Crippen LogP) is 4.75. The molecule has 5 rings (SSSR count). The summed E-state index contributed by atoms with van der Waals surface area (Å²) in [5, 5.41) is 4.62. The smallest absolute Gasteiger partial charge is 0.231 e. The van der Waals surface area contributed by atoms with Crippen LogP contribution in [0, 0.1) is 13.8 Å². The van der Waals surface area contributed by atoms with E-state index in [4.69, 9.17) is 19.4 Å². The molecule has 0 saturated heterocycles. The predicted molar refractivity (Wildman–Crippen MR) is 115 cm³/mol. The van der Waals surface area contributed by atoms with Crippen LogP contribution in [0.15, 0.2) is 42.6 Å². The molecular formula is C22H20N4O2S. The second-order valence-electron chi connectivity index (χ2n) is 6.94. The van der Waals surface area contributed by atoms with Crippen LogP contribution >= 0.6 is 11.3 Å². The molecule has 1 aliphatic rings. The van der Waals surface area contributed by atoms with Crippen LogP contribution in [0.25, 0.3) is 21.7 Å². The topological polar surface area (TPSA) is 69.2 Å². The first kappa shape index (κ1) is 17.9. The van der Waals surface area contributed by atoms with Gasteiger partial charge in [-0.3, -0.25) is 4.98 Å². The van der Waals surface area contributed by atoms with Crippen molar-refractivity contribution in [2.24, 2.45) is 0 Å². The van der Waals surface area contributed by atoms with E-state index in [1.807, 2.05) is 30.3 Å². The highest BCUT2D eigenvalue weighted by molar-refractivity contribution is 7.18. The maximum absolute atomic E-state index is 5.48. The number of benzene rings is 1. The number of rotatable bonds is 5. The first-order chi connectivity index (χ1) is 14.2. The van der Waals surface area contributed by atoms with E-state index >= 15 is 0 Å². The molecule has 0 atom stereocenters. The fourth-order valence-electron chi connectivity index (χ4n) is 3.41. The van der Waals surface area contributed by atoms with Crippen molar-refractivity contribution < 1.29 is 9.47 Å². The molecule has 0 spiro atoms. The number of hydrogen-bond acceptors (Lipinski definition) is 7. The monoisotopic (exact) mass is 404 g/mol. The molecule has 0 unspecified atom stereocenters. The molecule has 29 heavy (non-hydrogen) atoms. The van der Waals surface area contributed by atoms with Gasteiger partial charge in [-0.2, -0.15) is 0 Å². The normalized spacial score (nSPS) is 12.5. The Kier molecular flexibility index (Phi) is 4.52. The van der Waals surface area contributed by atoms with Crippen molar-refractivity contribution in [3.63, 3.8) is 0 Å². The van der Waals surface area contributed by atoms with Crippen LogP contribution in [0.3, 0.4) is 0 Å². The number of nitrogens with zero attached hydrogens (tertiary/aromatic N) is 3. The number of nitrogens with one attached hydrogen (secondary N) is 1. The first-order valence-corrected chi connectivity index (χ1v) is 10.3. The van der Waals surface area contributed by atoms with Gasteiger partial charge in [-0.25, -0.2) is 9.97 Å². The van der Waals surface area contributed by atoms with E-state index in [9.17, 15) is 0 Å². The number of hydrogen-bond donors (Lipinski definition) is 1. The van der Waals surface area contributed by atoms with Crippen LogP contribution in [-0.2, 0) is 6.42 Å². The van der Waals surface area contributed by atoms with Gasteiger partial charge in [-0.1, -0.05) is 12.1 Å². The van der Waals surface area contributed by atoms with Gasteiger partial charge in [0, 0.05) is 17.6 Å². The van der Waals surface area contributed by atoms with Gasteiger partial charge in [0.2, 0.25) is 6.79 Å². The lowest BCUT2D eigenvalue weighted by Crippen LogP contribution is -2.08. The standard InChI is InChI=1S/C22H20N4O2S/c1-13-14(2)29-22-19(13)21(25-20(26-22)16-5-3-4-9-23-16)24-10-8-15-6-7-17-18(11-15)28-12-27-17/h3-7,9,11H,8,10,12H2,1-2H3,(H,24,25,26). The molecule has 0 saturated carbocycles. The zero-order valence-corrected chi connectivity index (χ0v) is 17.0. The number of aryl methyl sites for hydroxylation is 2. The van der Waals surface area contributed by atoms with Crippen molar-refractivity contribution >= 4 is 27.4 Å². The molecule has 4 heterocycles. The molecule has 4 aromatic rings. The number of pyridine rings is 1. The summed E-state index contributed by atoms with van der Waals surface area (Å²) in [6.07, 6.45) is 2.61. The van der Waals surface area contributed by atoms with E-state index in [-0.39, 0.29) is 0 Å². The third kappa shape index (κ3) is 3.38. The van der Waals surface area contributed by atoms with E-state index < -0.39 is 0 Å². The van der Waals surface area contributed by atoms with Gasteiger partial charge in [-0.05, 0) is 55.7 Å². The van der Waals surface area contributed by atoms with Crippen molar-refractivity contribution in [2.75, 3.05) is 18.7 Å². The Bertz CT molecular complexity index is 1190. The Morgan fingerprint density at radius 1 is 1.07 bits per heavy atom. The van der Waals surface area contributed by atoms with Crippen molar-refractivity contribution in [2.45, 2.75) is 20.3 Å². The summed E-state index contributed by atoms with van der Waals surface area (Å²) in [4.78, 5) is 16.2. The van der Waals surface area contributed by atoms with Crippen LogP contribution in [-0.4, -0.2) is 28.3 Å². The molecule has 3 aromatic heterocycles. The molecule has 6 nitrogen and oxygen atoms in total. The van der Waals surface area contributed by atoms with E-state index in [2.05, 4.69) is 30.2 Å². The van der Waals surface area contributed by atoms with Crippen molar-refractivity contribution in [1.82, 2.24) is 15.0 Å². The SMILES string of the molecule is Cc1sc2nc(-c3ccccn3)nc(NCCc3ccc4c(c3)OCO4)c2c1C. The van der Waals surface area contributed by atoms with Crippen molar-refractivity contribution in [3.05, 3.63) is 58.6 Å². The Morgan fingerprint density at radius 3 is 2.83 bits per heavy atom. The molecule has 1 aliphatic heterocycles. The third-order valence-electron chi connectivity index (χ3n) is 5.07. The Balaban J connectivity index is 1.43. The van der Waals surface area contributed by atoms with Crippen LogP contribution in [0.2, 0.25) is 0 Å². The number of thiophene rings is 1. The molecule has 0 amide bonds. The maximum Gasteiger partial charge on any atom is 0.231 e. The molecule has 0 radical (unpaired) electrons. The summed E-state index contributed by atoms with van der Waals surface area (Å²) < 4.78 is 10.9. The Morgan fingerprint density at radius 2 is 1.97 bits per heavy atom. The Hall–Kier alpha value is -3.19. The average Bonchev–Trinajstić information content (AvgIpc) is 3.32. The fraction of sp³-hybridized carbons (Fsp3) is 0.227. The number of fused-ring (bicyclic) bond motifs is 2. The summed E-state index contributed by atoms with van der Waals surface area (Å²) in [5.41, 5.74) is 3.19. The van der Waals surface area contributed by atoms with Crippen molar-refractivity contribution in [3.8, 4) is 23.0 Å². The number of ether oxygens (including phenoxy) is 2. The zero-order chi connectivity index (χ0) is 19.8. The van der Waals surface area contributed by atoms with Gasteiger partial charge in [0.15, 0.2) is 17.3 Å². The summed E-state index contributed by atoms with van der Waals surface area (Å²) in [5.74, 6) is 3.13. The van der Waals surface area contributed by atoms with Crippen LogP contribution in [0.5, 0.6) is 11.5 Å².